The van der Waals surface area contributed by atoms with Gasteiger partial charge < -0.3 is 15.4 Å². The number of hydrogen-bond donors (Lipinski definition) is 2. The molecule has 0 aliphatic carbocycles. The van der Waals surface area contributed by atoms with Crippen molar-refractivity contribution in [2.45, 2.75) is 32.7 Å². The van der Waals surface area contributed by atoms with Gasteiger partial charge in [0.2, 0.25) is 0 Å². The molecule has 3 aromatic rings. The van der Waals surface area contributed by atoms with Gasteiger partial charge in [0.05, 0.1) is 7.11 Å². The van der Waals surface area contributed by atoms with Crippen molar-refractivity contribution in [2.24, 2.45) is 0 Å². The topological polar surface area (TPSA) is 63.2 Å². The summed E-state index contributed by atoms with van der Waals surface area (Å²) >= 11 is 0. The van der Waals surface area contributed by atoms with Crippen LogP contribution in [0.2, 0.25) is 0 Å². The summed E-state index contributed by atoms with van der Waals surface area (Å²) in [5.74, 6) is 1.21. The van der Waals surface area contributed by atoms with E-state index < -0.39 is 0 Å². The van der Waals surface area contributed by atoms with Crippen molar-refractivity contribution in [3.8, 4) is 5.75 Å². The second-order valence-corrected chi connectivity index (χ2v) is 7.88. The maximum atomic E-state index is 12.6. The van der Waals surface area contributed by atoms with Crippen molar-refractivity contribution in [3.05, 3.63) is 83.6 Å². The molecular weight excluding hydrogens is 362 g/mol. The van der Waals surface area contributed by atoms with Crippen LogP contribution in [-0.2, 0) is 12.0 Å². The highest BCUT2D eigenvalue weighted by molar-refractivity contribution is 5.94. The van der Waals surface area contributed by atoms with Crippen molar-refractivity contribution in [1.82, 2.24) is 10.3 Å². The third kappa shape index (κ3) is 5.35. The first-order valence-electron chi connectivity index (χ1n) is 9.60. The molecule has 0 spiro atoms. The van der Waals surface area contributed by atoms with Crippen LogP contribution in [-0.4, -0.2) is 18.0 Å². The summed E-state index contributed by atoms with van der Waals surface area (Å²) in [7, 11) is 1.62. The van der Waals surface area contributed by atoms with Gasteiger partial charge in [-0.05, 0) is 41.3 Å². The minimum Gasteiger partial charge on any atom is -0.496 e. The monoisotopic (exact) mass is 389 g/mol. The summed E-state index contributed by atoms with van der Waals surface area (Å²) < 4.78 is 5.33. The Kier molecular flexibility index (Phi) is 6.17. The lowest BCUT2D eigenvalue weighted by atomic mass is 9.87. The van der Waals surface area contributed by atoms with Crippen molar-refractivity contribution in [1.29, 1.82) is 0 Å². The fraction of sp³-hybridized carbons (Fsp3) is 0.250. The van der Waals surface area contributed by atoms with E-state index >= 15 is 0 Å². The fourth-order valence-electron chi connectivity index (χ4n) is 2.97. The molecule has 1 aromatic heterocycles. The summed E-state index contributed by atoms with van der Waals surface area (Å²) in [4.78, 5) is 16.9. The molecule has 0 fully saturated rings. The molecule has 0 aliphatic rings. The van der Waals surface area contributed by atoms with E-state index in [1.807, 2.05) is 36.4 Å². The zero-order chi connectivity index (χ0) is 20.9. The van der Waals surface area contributed by atoms with Gasteiger partial charge in [-0.15, -0.1) is 0 Å². The van der Waals surface area contributed by atoms with E-state index in [2.05, 4.69) is 48.5 Å². The Hall–Kier alpha value is -3.34. The van der Waals surface area contributed by atoms with Gasteiger partial charge >= 0.3 is 0 Å². The van der Waals surface area contributed by atoms with Crippen LogP contribution in [0.15, 0.2) is 66.9 Å². The third-order valence-corrected chi connectivity index (χ3v) is 4.68. The molecule has 2 N–H and O–H groups in total. The van der Waals surface area contributed by atoms with E-state index in [0.29, 0.717) is 17.9 Å². The molecule has 1 heterocycles. The molecule has 2 aromatic carbocycles. The van der Waals surface area contributed by atoms with Crippen LogP contribution in [0.4, 0.5) is 11.5 Å². The normalized spacial score (nSPS) is 11.0. The number of anilines is 2. The lowest BCUT2D eigenvalue weighted by Crippen LogP contribution is -2.23. The summed E-state index contributed by atoms with van der Waals surface area (Å²) in [5.41, 5.74) is 3.77. The number of carbonyl (C=O) groups is 1. The fourth-order valence-corrected chi connectivity index (χ4v) is 2.97. The number of pyridine rings is 1. The van der Waals surface area contributed by atoms with Crippen LogP contribution < -0.4 is 15.4 Å². The maximum absolute atomic E-state index is 12.6. The number of rotatable bonds is 6. The van der Waals surface area contributed by atoms with E-state index in [9.17, 15) is 4.79 Å². The molecule has 5 heteroatoms. The largest absolute Gasteiger partial charge is 0.496 e. The molecule has 0 unspecified atom stereocenters. The van der Waals surface area contributed by atoms with Gasteiger partial charge in [-0.25, -0.2) is 4.98 Å². The number of para-hydroxylation sites is 1. The molecular formula is C24H27N3O2. The van der Waals surface area contributed by atoms with Crippen LogP contribution >= 0.6 is 0 Å². The number of benzene rings is 2. The summed E-state index contributed by atoms with van der Waals surface area (Å²) in [6.45, 7) is 6.94. The zero-order valence-corrected chi connectivity index (χ0v) is 17.3. The molecule has 3 rings (SSSR count). The first-order valence-corrected chi connectivity index (χ1v) is 9.60. The smallest absolute Gasteiger partial charge is 0.251 e. The summed E-state index contributed by atoms with van der Waals surface area (Å²) in [6, 6.07) is 19.3. The van der Waals surface area contributed by atoms with Crippen molar-refractivity contribution in [2.75, 3.05) is 12.4 Å². The van der Waals surface area contributed by atoms with Gasteiger partial charge in [0.25, 0.3) is 5.91 Å². The number of nitrogens with one attached hydrogen (secondary N) is 2. The highest BCUT2D eigenvalue weighted by Gasteiger charge is 2.13. The molecule has 5 nitrogen and oxygen atoms in total. The predicted molar refractivity (Wildman–Crippen MR) is 117 cm³/mol. The Balaban J connectivity index is 1.66. The number of aromatic nitrogens is 1. The summed E-state index contributed by atoms with van der Waals surface area (Å²) in [5, 5.41) is 6.19. The number of carbonyl (C=O) groups excluding carboxylic acids is 1. The van der Waals surface area contributed by atoms with Gasteiger partial charge in [-0.2, -0.15) is 0 Å². The van der Waals surface area contributed by atoms with E-state index in [4.69, 9.17) is 4.74 Å². The SMILES string of the molecule is COc1ccccc1CNC(=O)c1ccnc(Nc2ccc(C(C)(C)C)cc2)c1. The van der Waals surface area contributed by atoms with Crippen LogP contribution in [0.3, 0.4) is 0 Å². The van der Waals surface area contributed by atoms with Crippen LogP contribution in [0, 0.1) is 0 Å². The Bertz CT molecular complexity index is 976. The van der Waals surface area contributed by atoms with Gasteiger partial charge in [-0.3, -0.25) is 4.79 Å². The average Bonchev–Trinajstić information content (AvgIpc) is 2.72. The van der Waals surface area contributed by atoms with Gasteiger partial charge in [0.1, 0.15) is 11.6 Å². The van der Waals surface area contributed by atoms with E-state index in [1.54, 1.807) is 25.4 Å². The van der Waals surface area contributed by atoms with E-state index in [0.717, 1.165) is 17.0 Å². The number of hydrogen-bond acceptors (Lipinski definition) is 4. The first-order chi connectivity index (χ1) is 13.9. The standard InChI is InChI=1S/C24H27N3O2/c1-24(2,3)19-9-11-20(12-10-19)27-22-15-17(13-14-25-22)23(28)26-16-18-7-5-6-8-21(18)29-4/h5-15H,16H2,1-4H3,(H,25,27)(H,26,28). The molecule has 29 heavy (non-hydrogen) atoms. The number of methoxy groups -OCH3 is 1. The minimum absolute atomic E-state index is 0.107. The van der Waals surface area contributed by atoms with Crippen LogP contribution in [0.5, 0.6) is 5.75 Å². The molecule has 0 bridgehead atoms. The van der Waals surface area contributed by atoms with Crippen LogP contribution in [0.1, 0.15) is 42.3 Å². The zero-order valence-electron chi connectivity index (χ0n) is 17.3. The lowest BCUT2D eigenvalue weighted by molar-refractivity contribution is 0.0950. The van der Waals surface area contributed by atoms with E-state index in [1.165, 1.54) is 5.56 Å². The molecule has 0 saturated carbocycles. The van der Waals surface area contributed by atoms with Crippen molar-refractivity contribution >= 4 is 17.4 Å². The third-order valence-electron chi connectivity index (χ3n) is 4.68. The van der Waals surface area contributed by atoms with Gasteiger partial charge in [0.15, 0.2) is 0 Å². The van der Waals surface area contributed by atoms with Crippen molar-refractivity contribution < 1.29 is 9.53 Å². The number of nitrogens with zero attached hydrogens (tertiary/aromatic N) is 1. The molecule has 0 aliphatic heterocycles. The van der Waals surface area contributed by atoms with E-state index in [-0.39, 0.29) is 11.3 Å². The van der Waals surface area contributed by atoms with Gasteiger partial charge in [-0.1, -0.05) is 51.1 Å². The Morgan fingerprint density at radius 3 is 2.45 bits per heavy atom. The lowest BCUT2D eigenvalue weighted by Gasteiger charge is -2.19. The molecule has 0 radical (unpaired) electrons. The quantitative estimate of drug-likeness (QED) is 0.618. The first kappa shape index (κ1) is 20.4. The second-order valence-electron chi connectivity index (χ2n) is 7.88. The minimum atomic E-state index is -0.163. The van der Waals surface area contributed by atoms with Gasteiger partial charge in [0, 0.05) is 29.6 Å². The predicted octanol–water partition coefficient (Wildman–Crippen LogP) is 5.06. The molecule has 0 saturated heterocycles. The maximum Gasteiger partial charge on any atom is 0.251 e. The summed E-state index contributed by atoms with van der Waals surface area (Å²) in [6.07, 6.45) is 1.63. The van der Waals surface area contributed by atoms with Crippen LogP contribution in [0.25, 0.3) is 0 Å². The number of amides is 1. The number of ether oxygens (including phenoxy) is 1. The molecule has 150 valence electrons. The highest BCUT2D eigenvalue weighted by Crippen LogP contribution is 2.24. The highest BCUT2D eigenvalue weighted by atomic mass is 16.5. The average molecular weight is 389 g/mol. The molecule has 1 amide bonds. The van der Waals surface area contributed by atoms with Crippen molar-refractivity contribution in [3.63, 3.8) is 0 Å². The Labute approximate surface area is 172 Å². The molecule has 0 atom stereocenters. The Morgan fingerprint density at radius 1 is 1.03 bits per heavy atom. The second kappa shape index (κ2) is 8.78. The Morgan fingerprint density at radius 2 is 1.76 bits per heavy atom.